The van der Waals surface area contributed by atoms with Gasteiger partial charge < -0.3 is 25.8 Å². The summed E-state index contributed by atoms with van der Waals surface area (Å²) in [7, 11) is 0. The number of nitrogens with one attached hydrogen (secondary N) is 1. The Hall–Kier alpha value is -3.37. The number of carboxylic acid groups (broad SMARTS) is 1. The molecule has 2 aliphatic rings. The van der Waals surface area contributed by atoms with Gasteiger partial charge in [0.25, 0.3) is 0 Å². The Bertz CT molecular complexity index is 1170. The second-order valence-corrected chi connectivity index (χ2v) is 8.98. The van der Waals surface area contributed by atoms with Crippen molar-refractivity contribution in [3.63, 3.8) is 0 Å². The molecule has 2 aromatic rings. The van der Waals surface area contributed by atoms with Crippen LogP contribution in [0, 0.1) is 17.5 Å². The molecular formula is C26H28F3N3O4. The molecule has 10 heteroatoms. The van der Waals surface area contributed by atoms with Crippen LogP contribution in [0.15, 0.2) is 42.0 Å². The average Bonchev–Trinajstić information content (AvgIpc) is 2.85. The quantitative estimate of drug-likeness (QED) is 0.359. The number of nitrogens with zero attached hydrogens (tertiary/aromatic N) is 1. The first kappa shape index (κ1) is 25.7. The van der Waals surface area contributed by atoms with Gasteiger partial charge in [-0.2, -0.15) is 4.39 Å². The number of ether oxygens (including phenoxy) is 1. The minimum Gasteiger partial charge on any atom is -0.488 e. The highest BCUT2D eigenvalue weighted by Crippen LogP contribution is 2.33. The highest BCUT2D eigenvalue weighted by atomic mass is 19.2. The predicted octanol–water partition coefficient (Wildman–Crippen LogP) is 2.88. The first-order chi connectivity index (χ1) is 17.3. The standard InChI is InChI=1S/C26H28F3N3O4/c27-19-7-8-20(28)25(24(19)29)36-11-1-2-15-3-5-16(6-4-15)18-12-17-13-32(22(33)9-10-30)14-21(31-17)23(18)26(34)35/h3-8,17,21,31H,1-2,9-14,30H2,(H,34,35). The molecule has 2 atom stereocenters. The molecule has 0 aromatic heterocycles. The lowest BCUT2D eigenvalue weighted by Gasteiger charge is -2.43. The molecule has 2 aromatic carbocycles. The van der Waals surface area contributed by atoms with E-state index in [-0.39, 0.29) is 43.6 Å². The number of carbonyl (C=O) groups is 2. The summed E-state index contributed by atoms with van der Waals surface area (Å²) in [4.78, 5) is 26.2. The lowest BCUT2D eigenvalue weighted by Crippen LogP contribution is -2.61. The van der Waals surface area contributed by atoms with Gasteiger partial charge in [-0.1, -0.05) is 24.3 Å². The minimum atomic E-state index is -1.35. The molecule has 7 nitrogen and oxygen atoms in total. The maximum atomic E-state index is 13.7. The SMILES string of the molecule is NCCC(=O)N1CC2CC(c3ccc(CCCOc4c(F)ccc(F)c4F)cc3)=C(C(=O)O)C(C1)N2. The number of aliphatic carboxylic acids is 1. The van der Waals surface area contributed by atoms with Crippen molar-refractivity contribution in [1.29, 1.82) is 0 Å². The number of hydrogen-bond acceptors (Lipinski definition) is 5. The van der Waals surface area contributed by atoms with E-state index < -0.39 is 35.2 Å². The zero-order valence-electron chi connectivity index (χ0n) is 19.6. The summed E-state index contributed by atoms with van der Waals surface area (Å²) < 4.78 is 45.7. The molecular weight excluding hydrogens is 475 g/mol. The maximum absolute atomic E-state index is 13.7. The number of carbonyl (C=O) groups excluding carboxylic acids is 1. The van der Waals surface area contributed by atoms with Crippen LogP contribution in [-0.2, 0) is 16.0 Å². The normalized spacial score (nSPS) is 19.4. The Morgan fingerprint density at radius 3 is 2.50 bits per heavy atom. The molecule has 4 rings (SSSR count). The fourth-order valence-electron chi connectivity index (χ4n) is 4.82. The number of nitrogens with two attached hydrogens (primary N) is 1. The van der Waals surface area contributed by atoms with Crippen molar-refractivity contribution in [1.82, 2.24) is 10.2 Å². The summed E-state index contributed by atoms with van der Waals surface area (Å²) in [6.45, 7) is 1.03. The molecule has 1 fully saturated rings. The molecule has 1 saturated heterocycles. The maximum Gasteiger partial charge on any atom is 0.333 e. The van der Waals surface area contributed by atoms with E-state index in [2.05, 4.69) is 5.32 Å². The molecule has 2 heterocycles. The Morgan fingerprint density at radius 1 is 1.08 bits per heavy atom. The van der Waals surface area contributed by atoms with E-state index >= 15 is 0 Å². The predicted molar refractivity (Wildman–Crippen MR) is 127 cm³/mol. The van der Waals surface area contributed by atoms with Gasteiger partial charge >= 0.3 is 5.97 Å². The van der Waals surface area contributed by atoms with Crippen LogP contribution in [0.25, 0.3) is 5.57 Å². The lowest BCUT2D eigenvalue weighted by molar-refractivity contribution is -0.136. The number of amides is 1. The van der Waals surface area contributed by atoms with Crippen LogP contribution in [-0.4, -0.2) is 60.2 Å². The van der Waals surface area contributed by atoms with Gasteiger partial charge in [-0.3, -0.25) is 4.79 Å². The number of rotatable bonds is 9. The van der Waals surface area contributed by atoms with E-state index in [0.717, 1.165) is 22.8 Å². The number of fused-ring (bicyclic) bond motifs is 2. The van der Waals surface area contributed by atoms with E-state index in [0.29, 0.717) is 31.9 Å². The molecule has 0 radical (unpaired) electrons. The van der Waals surface area contributed by atoms with Crippen molar-refractivity contribution in [2.24, 2.45) is 5.73 Å². The summed E-state index contributed by atoms with van der Waals surface area (Å²) >= 11 is 0. The van der Waals surface area contributed by atoms with E-state index in [1.807, 2.05) is 24.3 Å². The zero-order chi connectivity index (χ0) is 25.8. The Labute approximate surface area is 206 Å². The van der Waals surface area contributed by atoms with Gasteiger partial charge in [0.15, 0.2) is 17.4 Å². The molecule has 0 saturated carbocycles. The molecule has 2 unspecified atom stereocenters. The monoisotopic (exact) mass is 503 g/mol. The molecule has 2 aliphatic heterocycles. The fraction of sp³-hybridized carbons (Fsp3) is 0.385. The second-order valence-electron chi connectivity index (χ2n) is 8.98. The Kier molecular flexibility index (Phi) is 7.95. The summed E-state index contributed by atoms with van der Waals surface area (Å²) in [6.07, 6.45) is 1.70. The van der Waals surface area contributed by atoms with E-state index in [9.17, 15) is 27.9 Å². The molecule has 192 valence electrons. The highest BCUT2D eigenvalue weighted by Gasteiger charge is 2.39. The zero-order valence-corrected chi connectivity index (χ0v) is 19.6. The van der Waals surface area contributed by atoms with Gasteiger partial charge in [-0.25, -0.2) is 13.6 Å². The minimum absolute atomic E-state index is 0.00175. The number of carboxylic acids is 1. The Morgan fingerprint density at radius 2 is 1.81 bits per heavy atom. The van der Waals surface area contributed by atoms with Gasteiger partial charge in [0.05, 0.1) is 18.2 Å². The molecule has 36 heavy (non-hydrogen) atoms. The number of aryl methyl sites for hydroxylation is 1. The van der Waals surface area contributed by atoms with Crippen LogP contribution in [0.2, 0.25) is 0 Å². The molecule has 2 bridgehead atoms. The molecule has 0 spiro atoms. The summed E-state index contributed by atoms with van der Waals surface area (Å²) in [6, 6.07) is 8.47. The number of benzene rings is 2. The van der Waals surface area contributed by atoms with Crippen molar-refractivity contribution in [3.05, 3.63) is 70.5 Å². The van der Waals surface area contributed by atoms with Crippen molar-refractivity contribution in [2.75, 3.05) is 26.2 Å². The van der Waals surface area contributed by atoms with E-state index in [1.54, 1.807) is 4.90 Å². The molecule has 4 N–H and O–H groups in total. The van der Waals surface area contributed by atoms with Crippen molar-refractivity contribution < 1.29 is 32.6 Å². The second kappa shape index (κ2) is 11.1. The first-order valence-electron chi connectivity index (χ1n) is 11.8. The first-order valence-corrected chi connectivity index (χ1v) is 11.8. The van der Waals surface area contributed by atoms with Crippen LogP contribution in [0.3, 0.4) is 0 Å². The number of hydrogen-bond donors (Lipinski definition) is 3. The number of piperazine rings is 1. The Balaban J connectivity index is 1.41. The number of halogens is 3. The van der Waals surface area contributed by atoms with E-state index in [4.69, 9.17) is 10.5 Å². The van der Waals surface area contributed by atoms with Crippen molar-refractivity contribution in [3.8, 4) is 5.75 Å². The van der Waals surface area contributed by atoms with Crippen LogP contribution in [0.4, 0.5) is 13.2 Å². The summed E-state index contributed by atoms with van der Waals surface area (Å²) in [5.74, 6) is -5.29. The van der Waals surface area contributed by atoms with Crippen molar-refractivity contribution >= 4 is 17.4 Å². The topological polar surface area (TPSA) is 105 Å². The lowest BCUT2D eigenvalue weighted by atomic mass is 9.83. The molecule has 0 aliphatic carbocycles. The van der Waals surface area contributed by atoms with Gasteiger partial charge in [-0.15, -0.1) is 0 Å². The van der Waals surface area contributed by atoms with Gasteiger partial charge in [0.2, 0.25) is 11.7 Å². The van der Waals surface area contributed by atoms with E-state index in [1.165, 1.54) is 0 Å². The third-order valence-corrected chi connectivity index (χ3v) is 6.51. The van der Waals surface area contributed by atoms with Crippen LogP contribution in [0.5, 0.6) is 5.75 Å². The van der Waals surface area contributed by atoms with Gasteiger partial charge in [-0.05, 0) is 48.1 Å². The van der Waals surface area contributed by atoms with Gasteiger partial charge in [0.1, 0.15) is 0 Å². The van der Waals surface area contributed by atoms with Crippen LogP contribution >= 0.6 is 0 Å². The smallest absolute Gasteiger partial charge is 0.333 e. The van der Waals surface area contributed by atoms with Gasteiger partial charge in [0, 0.05) is 32.1 Å². The molecule has 1 amide bonds. The van der Waals surface area contributed by atoms with Crippen LogP contribution in [0.1, 0.15) is 30.4 Å². The largest absolute Gasteiger partial charge is 0.488 e. The fourth-order valence-corrected chi connectivity index (χ4v) is 4.82. The summed E-state index contributed by atoms with van der Waals surface area (Å²) in [5, 5.41) is 13.3. The third kappa shape index (κ3) is 5.55. The van der Waals surface area contributed by atoms with Crippen molar-refractivity contribution in [2.45, 2.75) is 37.8 Å². The third-order valence-electron chi connectivity index (χ3n) is 6.51. The average molecular weight is 504 g/mol. The van der Waals surface area contributed by atoms with Crippen LogP contribution < -0.4 is 15.8 Å². The summed E-state index contributed by atoms with van der Waals surface area (Å²) in [5.41, 5.74) is 8.25. The highest BCUT2D eigenvalue weighted by molar-refractivity contribution is 5.98.